The molecule has 0 atom stereocenters. The Hall–Kier alpha value is -4.74. The van der Waals surface area contributed by atoms with Gasteiger partial charge in [-0.25, -0.2) is 19.1 Å². The highest BCUT2D eigenvalue weighted by Gasteiger charge is 2.17. The van der Waals surface area contributed by atoms with E-state index in [1.807, 2.05) is 25.1 Å². The van der Waals surface area contributed by atoms with Crippen LogP contribution in [0.4, 0.5) is 20.5 Å². The molecule has 0 saturated heterocycles. The Morgan fingerprint density at radius 3 is 2.56 bits per heavy atom. The van der Waals surface area contributed by atoms with Gasteiger partial charge in [0.15, 0.2) is 0 Å². The van der Waals surface area contributed by atoms with Crippen molar-refractivity contribution >= 4 is 11.8 Å². The molecule has 2 aromatic heterocycles. The minimum absolute atomic E-state index is 0.00865. The molecular weight excluding hydrogens is 510 g/mol. The second kappa shape index (κ2) is 10.9. The fourth-order valence-electron chi connectivity index (χ4n) is 4.43. The molecule has 0 spiro atoms. The third-order valence-corrected chi connectivity index (χ3v) is 6.48. The first-order chi connectivity index (χ1) is 18.8. The molecule has 0 amide bonds. The van der Waals surface area contributed by atoms with Crippen LogP contribution in [0.3, 0.4) is 0 Å². The zero-order valence-corrected chi connectivity index (χ0v) is 21.1. The molecule has 1 aliphatic rings. The molecule has 3 N–H and O–H groups in total. The zero-order valence-electron chi connectivity index (χ0n) is 21.1. The molecule has 4 aromatic rings. The van der Waals surface area contributed by atoms with Crippen molar-refractivity contribution in [3.63, 3.8) is 0 Å². The molecule has 2 aromatic carbocycles. The summed E-state index contributed by atoms with van der Waals surface area (Å²) in [4.78, 5) is 35.0. The lowest BCUT2D eigenvalue weighted by Gasteiger charge is -2.17. The number of nitrogens with zero attached hydrogens (tertiary/aromatic N) is 4. The maximum atomic E-state index is 13.7. The number of nitrogens with two attached hydrogens (primary N) is 1. The summed E-state index contributed by atoms with van der Waals surface area (Å²) in [5.41, 5.74) is 8.70. The molecule has 10 nitrogen and oxygen atoms in total. The lowest BCUT2D eigenvalue weighted by molar-refractivity contribution is -0.0498. The summed E-state index contributed by atoms with van der Waals surface area (Å²) in [7, 11) is 0. The average Bonchev–Trinajstić information content (AvgIpc) is 3.37. The SMILES string of the molecule is Cc1ccnc(N)c1CNc1nc(=O)n(Cc2ccc3c(c2)CCO3)c(=O)n1Cc1ccc(OC(F)F)cc1. The lowest BCUT2D eigenvalue weighted by atomic mass is 10.1. The van der Waals surface area contributed by atoms with Crippen LogP contribution in [0.2, 0.25) is 0 Å². The Kier molecular flexibility index (Phi) is 7.26. The van der Waals surface area contributed by atoms with Gasteiger partial charge in [0.1, 0.15) is 17.3 Å². The summed E-state index contributed by atoms with van der Waals surface area (Å²) in [5.74, 6) is 1.15. The van der Waals surface area contributed by atoms with E-state index in [0.717, 1.165) is 33.4 Å². The van der Waals surface area contributed by atoms with Gasteiger partial charge in [-0.1, -0.05) is 24.3 Å². The summed E-state index contributed by atoms with van der Waals surface area (Å²) in [6.45, 7) is -0.269. The highest BCUT2D eigenvalue weighted by atomic mass is 19.3. The van der Waals surface area contributed by atoms with Crippen LogP contribution in [-0.2, 0) is 26.1 Å². The number of aryl methyl sites for hydroxylation is 1. The van der Waals surface area contributed by atoms with Crippen molar-refractivity contribution in [2.75, 3.05) is 17.7 Å². The largest absolute Gasteiger partial charge is 0.493 e. The van der Waals surface area contributed by atoms with Gasteiger partial charge >= 0.3 is 18.0 Å². The Morgan fingerprint density at radius 1 is 1.08 bits per heavy atom. The Morgan fingerprint density at radius 2 is 1.82 bits per heavy atom. The summed E-state index contributed by atoms with van der Waals surface area (Å²) >= 11 is 0. The van der Waals surface area contributed by atoms with Crippen LogP contribution in [0, 0.1) is 6.92 Å². The summed E-state index contributed by atoms with van der Waals surface area (Å²) in [5, 5.41) is 3.05. The van der Waals surface area contributed by atoms with E-state index in [0.29, 0.717) is 23.6 Å². The molecule has 39 heavy (non-hydrogen) atoms. The van der Waals surface area contributed by atoms with E-state index in [9.17, 15) is 18.4 Å². The first-order valence-electron chi connectivity index (χ1n) is 12.2. The lowest BCUT2D eigenvalue weighted by Crippen LogP contribution is -2.43. The van der Waals surface area contributed by atoms with Gasteiger partial charge in [0.05, 0.1) is 19.7 Å². The quantitative estimate of drug-likeness (QED) is 0.335. The van der Waals surface area contributed by atoms with E-state index < -0.39 is 18.0 Å². The van der Waals surface area contributed by atoms with Crippen molar-refractivity contribution in [3.8, 4) is 11.5 Å². The second-order valence-corrected chi connectivity index (χ2v) is 9.08. The predicted octanol–water partition coefficient (Wildman–Crippen LogP) is 2.94. The smallest absolute Gasteiger partial charge is 0.387 e. The van der Waals surface area contributed by atoms with E-state index in [1.54, 1.807) is 24.4 Å². The highest BCUT2D eigenvalue weighted by Crippen LogP contribution is 2.26. The van der Waals surface area contributed by atoms with Crippen LogP contribution in [-0.4, -0.2) is 32.3 Å². The van der Waals surface area contributed by atoms with Gasteiger partial charge in [-0.3, -0.25) is 4.57 Å². The third-order valence-electron chi connectivity index (χ3n) is 6.48. The van der Waals surface area contributed by atoms with Crippen molar-refractivity contribution in [1.82, 2.24) is 19.1 Å². The number of halogens is 2. The number of nitrogens with one attached hydrogen (secondary N) is 1. The third kappa shape index (κ3) is 5.74. The number of aromatic nitrogens is 4. The number of rotatable bonds is 9. The van der Waals surface area contributed by atoms with Gasteiger partial charge in [-0.2, -0.15) is 13.8 Å². The number of anilines is 2. The average molecular weight is 537 g/mol. The van der Waals surface area contributed by atoms with E-state index in [2.05, 4.69) is 20.0 Å². The number of fused-ring (bicyclic) bond motifs is 1. The topological polar surface area (TPSA) is 126 Å². The van der Waals surface area contributed by atoms with Crippen molar-refractivity contribution < 1.29 is 18.3 Å². The number of hydrogen-bond acceptors (Lipinski definition) is 8. The van der Waals surface area contributed by atoms with Gasteiger partial charge in [-0.15, -0.1) is 0 Å². The minimum atomic E-state index is -2.95. The van der Waals surface area contributed by atoms with E-state index >= 15 is 0 Å². The molecule has 3 heterocycles. The van der Waals surface area contributed by atoms with Crippen LogP contribution >= 0.6 is 0 Å². The molecule has 5 rings (SSSR count). The molecule has 0 bridgehead atoms. The highest BCUT2D eigenvalue weighted by molar-refractivity contribution is 5.46. The van der Waals surface area contributed by atoms with Crippen molar-refractivity contribution in [2.24, 2.45) is 0 Å². The van der Waals surface area contributed by atoms with E-state index in [-0.39, 0.29) is 31.3 Å². The second-order valence-electron chi connectivity index (χ2n) is 9.08. The Labute approximate surface area is 221 Å². The van der Waals surface area contributed by atoms with Gasteiger partial charge in [-0.05, 0) is 53.4 Å². The van der Waals surface area contributed by atoms with Crippen LogP contribution in [0.5, 0.6) is 11.5 Å². The number of nitrogen functional groups attached to an aromatic ring is 1. The Balaban J connectivity index is 1.50. The molecule has 0 saturated carbocycles. The first kappa shape index (κ1) is 25.9. The standard InChI is InChI=1S/C27H26F2N6O4/c1-16-8-10-31-23(30)21(16)13-32-25-33-26(36)35(15-18-4-7-22-19(12-18)9-11-38-22)27(37)34(25)14-17-2-5-20(6-3-17)39-24(28)29/h2-8,10,12,24H,9,11,13-15H2,1H3,(H2,30,31)(H,32,33,36). The predicted molar refractivity (Wildman–Crippen MR) is 140 cm³/mol. The maximum Gasteiger partial charge on any atom is 0.387 e. The molecule has 202 valence electrons. The van der Waals surface area contributed by atoms with Gasteiger partial charge < -0.3 is 20.5 Å². The number of ether oxygens (including phenoxy) is 2. The number of alkyl halides is 2. The molecule has 0 radical (unpaired) electrons. The van der Waals surface area contributed by atoms with Gasteiger partial charge in [0, 0.05) is 24.7 Å². The Bertz CT molecular complexity index is 1600. The molecule has 12 heteroatoms. The van der Waals surface area contributed by atoms with Gasteiger partial charge in [0.2, 0.25) is 5.95 Å². The number of benzene rings is 2. The normalized spacial score (nSPS) is 12.3. The number of hydrogen-bond donors (Lipinski definition) is 2. The van der Waals surface area contributed by atoms with Crippen molar-refractivity contribution in [2.45, 2.75) is 39.6 Å². The maximum absolute atomic E-state index is 13.7. The molecule has 0 aliphatic carbocycles. The first-order valence-corrected chi connectivity index (χ1v) is 12.2. The molecule has 1 aliphatic heterocycles. The van der Waals surface area contributed by atoms with Crippen molar-refractivity contribution in [1.29, 1.82) is 0 Å². The minimum Gasteiger partial charge on any atom is -0.493 e. The number of pyridine rings is 1. The van der Waals surface area contributed by atoms with E-state index in [1.165, 1.54) is 16.7 Å². The fraction of sp³-hybridized carbons (Fsp3) is 0.259. The van der Waals surface area contributed by atoms with E-state index in [4.69, 9.17) is 10.5 Å². The van der Waals surface area contributed by atoms with Crippen LogP contribution in [0.25, 0.3) is 0 Å². The monoisotopic (exact) mass is 536 g/mol. The molecule has 0 fully saturated rings. The zero-order chi connectivity index (χ0) is 27.5. The van der Waals surface area contributed by atoms with Crippen LogP contribution < -0.4 is 31.9 Å². The summed E-state index contributed by atoms with van der Waals surface area (Å²) < 4.78 is 37.4. The molecular formula is C27H26F2N6O4. The van der Waals surface area contributed by atoms with Gasteiger partial charge in [0.25, 0.3) is 0 Å². The summed E-state index contributed by atoms with van der Waals surface area (Å²) in [6.07, 6.45) is 2.35. The fourth-order valence-corrected chi connectivity index (χ4v) is 4.43. The molecule has 0 unspecified atom stereocenters. The summed E-state index contributed by atoms with van der Waals surface area (Å²) in [6, 6.07) is 13.2. The van der Waals surface area contributed by atoms with Crippen LogP contribution in [0.1, 0.15) is 27.8 Å². The van der Waals surface area contributed by atoms with Crippen molar-refractivity contribution in [3.05, 3.63) is 104 Å². The van der Waals surface area contributed by atoms with Crippen LogP contribution in [0.15, 0.2) is 64.3 Å².